The maximum absolute atomic E-state index is 12.7. The van der Waals surface area contributed by atoms with E-state index in [2.05, 4.69) is 22.2 Å². The van der Waals surface area contributed by atoms with Crippen LogP contribution < -0.4 is 19.5 Å². The van der Waals surface area contributed by atoms with Gasteiger partial charge < -0.3 is 14.8 Å². The molecule has 1 amide bonds. The summed E-state index contributed by atoms with van der Waals surface area (Å²) in [7, 11) is -3.79. The molecule has 2 aromatic carbocycles. The van der Waals surface area contributed by atoms with Crippen molar-refractivity contribution in [2.45, 2.75) is 30.6 Å². The van der Waals surface area contributed by atoms with E-state index in [1.54, 1.807) is 30.3 Å². The molecule has 0 fully saturated rings. The summed E-state index contributed by atoms with van der Waals surface area (Å²) in [4.78, 5) is 12.2. The highest BCUT2D eigenvalue weighted by molar-refractivity contribution is 7.92. The molecule has 2 N–H and O–H groups in total. The van der Waals surface area contributed by atoms with Crippen molar-refractivity contribution >= 4 is 27.3 Å². The third kappa shape index (κ3) is 4.94. The minimum Gasteiger partial charge on any atom is -0.490 e. The summed E-state index contributed by atoms with van der Waals surface area (Å²) >= 11 is 0. The predicted octanol–water partition coefficient (Wildman–Crippen LogP) is 3.94. The molecule has 0 bridgehead atoms. The minimum atomic E-state index is -3.79. The number of sulfonamides is 1. The van der Waals surface area contributed by atoms with E-state index >= 15 is 0 Å². The Morgan fingerprint density at radius 1 is 1.00 bits per heavy atom. The fourth-order valence-corrected chi connectivity index (χ4v) is 4.54. The second-order valence-electron chi connectivity index (χ2n) is 7.36. The maximum Gasteiger partial charge on any atom is 0.262 e. The SMILES string of the molecule is O=C(C[C@H]1C=CCC1)Nc1ccc(NS(=O)(=O)c2ccc3c(c2)OCCCO3)cc1. The molecule has 0 spiro atoms. The molecule has 158 valence electrons. The molecule has 7 nitrogen and oxygen atoms in total. The average molecular weight is 429 g/mol. The van der Waals surface area contributed by atoms with Crippen molar-refractivity contribution in [3.63, 3.8) is 0 Å². The number of nitrogens with one attached hydrogen (secondary N) is 2. The van der Waals surface area contributed by atoms with Crippen molar-refractivity contribution in [2.24, 2.45) is 5.92 Å². The van der Waals surface area contributed by atoms with Gasteiger partial charge >= 0.3 is 0 Å². The van der Waals surface area contributed by atoms with Crippen LogP contribution >= 0.6 is 0 Å². The van der Waals surface area contributed by atoms with Crippen LogP contribution in [0.25, 0.3) is 0 Å². The predicted molar refractivity (Wildman–Crippen MR) is 114 cm³/mol. The first kappa shape index (κ1) is 20.3. The zero-order valence-corrected chi connectivity index (χ0v) is 17.3. The molecule has 1 heterocycles. The number of rotatable bonds is 6. The van der Waals surface area contributed by atoms with Crippen LogP contribution in [0.15, 0.2) is 59.5 Å². The van der Waals surface area contributed by atoms with Gasteiger partial charge in [-0.2, -0.15) is 0 Å². The van der Waals surface area contributed by atoms with Crippen molar-refractivity contribution in [3.05, 3.63) is 54.6 Å². The van der Waals surface area contributed by atoms with Gasteiger partial charge in [-0.1, -0.05) is 12.2 Å². The summed E-state index contributed by atoms with van der Waals surface area (Å²) in [5, 5.41) is 2.85. The normalized spacial score (nSPS) is 17.9. The van der Waals surface area contributed by atoms with Gasteiger partial charge in [0.25, 0.3) is 10.0 Å². The average Bonchev–Trinajstić information content (AvgIpc) is 3.11. The molecule has 2 aliphatic rings. The summed E-state index contributed by atoms with van der Waals surface area (Å²) in [5.74, 6) is 1.21. The first-order valence-electron chi connectivity index (χ1n) is 9.99. The lowest BCUT2D eigenvalue weighted by molar-refractivity contribution is -0.116. The van der Waals surface area contributed by atoms with Gasteiger partial charge in [-0.15, -0.1) is 0 Å². The summed E-state index contributed by atoms with van der Waals surface area (Å²) in [6, 6.07) is 11.1. The van der Waals surface area contributed by atoms with Gasteiger partial charge in [-0.25, -0.2) is 8.42 Å². The van der Waals surface area contributed by atoms with Gasteiger partial charge in [0.05, 0.1) is 18.1 Å². The highest BCUT2D eigenvalue weighted by atomic mass is 32.2. The number of anilines is 2. The van der Waals surface area contributed by atoms with E-state index < -0.39 is 10.0 Å². The standard InChI is InChI=1S/C22H24N2O5S/c25-22(14-16-4-1-2-5-16)23-17-6-8-18(9-7-17)24-30(26,27)19-10-11-20-21(15-19)29-13-3-12-28-20/h1,4,6-11,15-16,24H,2-3,5,12-14H2,(H,23,25)/t16-/m0/s1. The lowest BCUT2D eigenvalue weighted by Gasteiger charge is -2.12. The fraction of sp³-hybridized carbons (Fsp3) is 0.318. The first-order chi connectivity index (χ1) is 14.5. The van der Waals surface area contributed by atoms with Gasteiger partial charge in [0.15, 0.2) is 11.5 Å². The number of amides is 1. The number of fused-ring (bicyclic) bond motifs is 1. The van der Waals surface area contributed by atoms with Crippen LogP contribution in [0, 0.1) is 5.92 Å². The van der Waals surface area contributed by atoms with Crippen molar-refractivity contribution in [1.82, 2.24) is 0 Å². The van der Waals surface area contributed by atoms with Gasteiger partial charge in [0.2, 0.25) is 5.91 Å². The van der Waals surface area contributed by atoms with E-state index in [-0.39, 0.29) is 10.8 Å². The molecule has 30 heavy (non-hydrogen) atoms. The molecule has 1 atom stereocenters. The summed E-state index contributed by atoms with van der Waals surface area (Å²) in [6.45, 7) is 1.02. The number of hydrogen-bond donors (Lipinski definition) is 2. The Labute approximate surface area is 176 Å². The Balaban J connectivity index is 1.40. The fourth-order valence-electron chi connectivity index (χ4n) is 3.46. The summed E-state index contributed by atoms with van der Waals surface area (Å²) < 4.78 is 39.2. The third-order valence-electron chi connectivity index (χ3n) is 5.01. The molecule has 0 saturated heterocycles. The molecule has 4 rings (SSSR count). The van der Waals surface area contributed by atoms with Crippen LogP contribution in [0.4, 0.5) is 11.4 Å². The van der Waals surface area contributed by atoms with E-state index in [0.29, 0.717) is 48.4 Å². The van der Waals surface area contributed by atoms with Gasteiger partial charge in [0, 0.05) is 30.3 Å². The molecule has 0 saturated carbocycles. The van der Waals surface area contributed by atoms with E-state index in [9.17, 15) is 13.2 Å². The largest absolute Gasteiger partial charge is 0.490 e. The summed E-state index contributed by atoms with van der Waals surface area (Å²) in [5.41, 5.74) is 1.03. The molecule has 2 aromatic rings. The minimum absolute atomic E-state index is 0.0490. The number of carbonyl (C=O) groups is 1. The lowest BCUT2D eigenvalue weighted by Crippen LogP contribution is -2.15. The first-order valence-corrected chi connectivity index (χ1v) is 11.5. The molecule has 0 unspecified atom stereocenters. The van der Waals surface area contributed by atoms with Crippen molar-refractivity contribution in [3.8, 4) is 11.5 Å². The second-order valence-corrected chi connectivity index (χ2v) is 9.04. The van der Waals surface area contributed by atoms with E-state index in [1.165, 1.54) is 12.1 Å². The molecule has 0 radical (unpaired) electrons. The van der Waals surface area contributed by atoms with Crippen LogP contribution in [-0.4, -0.2) is 27.5 Å². The van der Waals surface area contributed by atoms with Crippen LogP contribution in [-0.2, 0) is 14.8 Å². The monoisotopic (exact) mass is 428 g/mol. The van der Waals surface area contributed by atoms with Gasteiger partial charge in [-0.05, 0) is 55.2 Å². The number of allylic oxidation sites excluding steroid dienone is 2. The van der Waals surface area contributed by atoms with Crippen LogP contribution in [0.3, 0.4) is 0 Å². The molecular formula is C22H24N2O5S. The maximum atomic E-state index is 12.7. The Morgan fingerprint density at radius 3 is 2.47 bits per heavy atom. The second kappa shape index (κ2) is 8.79. The van der Waals surface area contributed by atoms with Crippen molar-refractivity contribution in [1.29, 1.82) is 0 Å². The highest BCUT2D eigenvalue weighted by Crippen LogP contribution is 2.32. The zero-order chi connectivity index (χ0) is 21.0. The van der Waals surface area contributed by atoms with Crippen LogP contribution in [0.5, 0.6) is 11.5 Å². The highest BCUT2D eigenvalue weighted by Gasteiger charge is 2.19. The van der Waals surface area contributed by atoms with E-state index in [1.807, 2.05) is 0 Å². The van der Waals surface area contributed by atoms with Crippen LogP contribution in [0.2, 0.25) is 0 Å². The number of benzene rings is 2. The molecule has 1 aliphatic carbocycles. The van der Waals surface area contributed by atoms with Gasteiger partial charge in [0.1, 0.15) is 0 Å². The van der Waals surface area contributed by atoms with Crippen LogP contribution in [0.1, 0.15) is 25.7 Å². The molecular weight excluding hydrogens is 404 g/mol. The molecule has 8 heteroatoms. The summed E-state index contributed by atoms with van der Waals surface area (Å²) in [6.07, 6.45) is 7.41. The van der Waals surface area contributed by atoms with Crippen molar-refractivity contribution < 1.29 is 22.7 Å². The van der Waals surface area contributed by atoms with Gasteiger partial charge in [-0.3, -0.25) is 9.52 Å². The van der Waals surface area contributed by atoms with E-state index in [4.69, 9.17) is 9.47 Å². The Bertz CT molecular complexity index is 1050. The van der Waals surface area contributed by atoms with E-state index in [0.717, 1.165) is 19.3 Å². The van der Waals surface area contributed by atoms with Crippen molar-refractivity contribution in [2.75, 3.05) is 23.3 Å². The Hall–Kier alpha value is -3.00. The number of carbonyl (C=O) groups excluding carboxylic acids is 1. The quantitative estimate of drug-likeness (QED) is 0.680. The number of hydrogen-bond acceptors (Lipinski definition) is 5. The third-order valence-corrected chi connectivity index (χ3v) is 6.39. The topological polar surface area (TPSA) is 93.7 Å². The molecule has 0 aromatic heterocycles. The smallest absolute Gasteiger partial charge is 0.262 e. The zero-order valence-electron chi connectivity index (χ0n) is 16.5. The molecule has 1 aliphatic heterocycles. The Morgan fingerprint density at radius 2 is 1.73 bits per heavy atom. The number of ether oxygens (including phenoxy) is 2. The lowest BCUT2D eigenvalue weighted by atomic mass is 10.1. The Kier molecular flexibility index (Phi) is 5.94.